The SMILES string of the molecule is CCCCC1CCCN1S(=O)c1ccccc1C(F)(F)F. The van der Waals surface area contributed by atoms with Crippen LogP contribution in [0.5, 0.6) is 0 Å². The standard InChI is InChI=1S/C15H20F3NOS/c1-2-3-7-12-8-6-11-19(12)21(20)14-10-5-4-9-13(14)15(16,17)18/h4-5,9-10,12H,2-3,6-8,11H2,1H3. The number of rotatable bonds is 5. The van der Waals surface area contributed by atoms with E-state index in [-0.39, 0.29) is 10.9 Å². The lowest BCUT2D eigenvalue weighted by atomic mass is 10.1. The van der Waals surface area contributed by atoms with Gasteiger partial charge in [0.05, 0.1) is 10.5 Å². The first-order chi connectivity index (χ1) is 9.95. The van der Waals surface area contributed by atoms with Crippen molar-refractivity contribution in [3.05, 3.63) is 29.8 Å². The summed E-state index contributed by atoms with van der Waals surface area (Å²) >= 11 is 0. The van der Waals surface area contributed by atoms with Crippen molar-refractivity contribution in [2.24, 2.45) is 0 Å². The molecule has 1 heterocycles. The summed E-state index contributed by atoms with van der Waals surface area (Å²) < 4.78 is 53.5. The third kappa shape index (κ3) is 3.86. The zero-order chi connectivity index (χ0) is 15.5. The highest BCUT2D eigenvalue weighted by atomic mass is 32.2. The van der Waals surface area contributed by atoms with Crippen molar-refractivity contribution in [2.75, 3.05) is 6.54 Å². The van der Waals surface area contributed by atoms with Gasteiger partial charge in [0.1, 0.15) is 11.0 Å². The molecule has 0 bridgehead atoms. The van der Waals surface area contributed by atoms with Crippen LogP contribution < -0.4 is 0 Å². The molecule has 1 aromatic rings. The second-order valence-electron chi connectivity index (χ2n) is 5.32. The zero-order valence-electron chi connectivity index (χ0n) is 12.0. The van der Waals surface area contributed by atoms with Crippen LogP contribution in [0.15, 0.2) is 29.2 Å². The molecule has 0 amide bonds. The maximum Gasteiger partial charge on any atom is 0.417 e. The molecular weight excluding hydrogens is 299 g/mol. The van der Waals surface area contributed by atoms with Crippen molar-refractivity contribution in [1.82, 2.24) is 4.31 Å². The Balaban J connectivity index is 2.24. The molecule has 1 saturated heterocycles. The molecule has 2 nitrogen and oxygen atoms in total. The lowest BCUT2D eigenvalue weighted by Gasteiger charge is -2.24. The second-order valence-corrected chi connectivity index (χ2v) is 6.73. The van der Waals surface area contributed by atoms with Gasteiger partial charge in [-0.15, -0.1) is 0 Å². The topological polar surface area (TPSA) is 20.3 Å². The first-order valence-corrected chi connectivity index (χ1v) is 8.40. The second kappa shape index (κ2) is 6.92. The van der Waals surface area contributed by atoms with Gasteiger partial charge in [-0.05, 0) is 31.4 Å². The Morgan fingerprint density at radius 1 is 1.33 bits per heavy atom. The van der Waals surface area contributed by atoms with Crippen molar-refractivity contribution in [1.29, 1.82) is 0 Å². The first-order valence-electron chi connectivity index (χ1n) is 7.30. The van der Waals surface area contributed by atoms with Gasteiger partial charge in [0.2, 0.25) is 0 Å². The summed E-state index contributed by atoms with van der Waals surface area (Å²) in [5.41, 5.74) is -0.788. The summed E-state index contributed by atoms with van der Waals surface area (Å²) in [5, 5.41) is 0. The molecule has 0 saturated carbocycles. The number of hydrogen-bond donors (Lipinski definition) is 0. The largest absolute Gasteiger partial charge is 0.417 e. The number of benzene rings is 1. The predicted molar refractivity (Wildman–Crippen MR) is 77.1 cm³/mol. The highest BCUT2D eigenvalue weighted by Gasteiger charge is 2.37. The molecule has 21 heavy (non-hydrogen) atoms. The highest BCUT2D eigenvalue weighted by molar-refractivity contribution is 7.82. The fourth-order valence-corrected chi connectivity index (χ4v) is 4.33. The molecule has 2 rings (SSSR count). The van der Waals surface area contributed by atoms with E-state index in [1.165, 1.54) is 18.2 Å². The van der Waals surface area contributed by atoms with Crippen LogP contribution in [0.2, 0.25) is 0 Å². The molecule has 2 unspecified atom stereocenters. The van der Waals surface area contributed by atoms with Gasteiger partial charge in [-0.25, -0.2) is 8.51 Å². The molecule has 1 aromatic carbocycles. The number of alkyl halides is 3. The molecule has 1 aliphatic heterocycles. The van der Waals surface area contributed by atoms with Crippen LogP contribution in [-0.2, 0) is 17.2 Å². The lowest BCUT2D eigenvalue weighted by molar-refractivity contribution is -0.139. The Morgan fingerprint density at radius 3 is 2.71 bits per heavy atom. The Hall–Kier alpha value is -0.880. The molecular formula is C15H20F3NOS. The summed E-state index contributed by atoms with van der Waals surface area (Å²) in [7, 11) is -1.74. The van der Waals surface area contributed by atoms with E-state index < -0.39 is 22.7 Å². The summed E-state index contributed by atoms with van der Waals surface area (Å²) in [6.45, 7) is 2.68. The summed E-state index contributed by atoms with van der Waals surface area (Å²) in [5.74, 6) is 0. The summed E-state index contributed by atoms with van der Waals surface area (Å²) in [6, 6.07) is 5.31. The van der Waals surface area contributed by atoms with E-state index in [2.05, 4.69) is 6.92 Å². The van der Waals surface area contributed by atoms with Crippen molar-refractivity contribution >= 4 is 11.0 Å². The average Bonchev–Trinajstić information content (AvgIpc) is 2.91. The van der Waals surface area contributed by atoms with Gasteiger partial charge in [0.25, 0.3) is 0 Å². The maximum atomic E-state index is 13.0. The van der Waals surface area contributed by atoms with Gasteiger partial charge in [0.15, 0.2) is 0 Å². The van der Waals surface area contributed by atoms with Gasteiger partial charge in [0, 0.05) is 12.6 Å². The molecule has 1 fully saturated rings. The normalized spacial score (nSPS) is 21.6. The quantitative estimate of drug-likeness (QED) is 0.788. The molecule has 118 valence electrons. The van der Waals surface area contributed by atoms with Crippen LogP contribution in [0.1, 0.15) is 44.6 Å². The molecule has 0 aromatic heterocycles. The van der Waals surface area contributed by atoms with Gasteiger partial charge in [-0.1, -0.05) is 31.9 Å². The Kier molecular flexibility index (Phi) is 5.43. The maximum absolute atomic E-state index is 13.0. The van der Waals surface area contributed by atoms with Crippen LogP contribution in [0.4, 0.5) is 13.2 Å². The van der Waals surface area contributed by atoms with Gasteiger partial charge in [-0.3, -0.25) is 0 Å². The number of halogens is 3. The first kappa shape index (κ1) is 16.5. The summed E-state index contributed by atoms with van der Waals surface area (Å²) in [4.78, 5) is -0.117. The summed E-state index contributed by atoms with van der Waals surface area (Å²) in [6.07, 6.45) is 0.297. The van der Waals surface area contributed by atoms with Crippen LogP contribution in [0, 0.1) is 0 Å². The van der Waals surface area contributed by atoms with Crippen molar-refractivity contribution in [3.63, 3.8) is 0 Å². The molecule has 0 spiro atoms. The van der Waals surface area contributed by atoms with Gasteiger partial charge < -0.3 is 0 Å². The number of unbranched alkanes of at least 4 members (excludes halogenated alkanes) is 1. The van der Waals surface area contributed by atoms with E-state index >= 15 is 0 Å². The molecule has 0 N–H and O–H groups in total. The zero-order valence-corrected chi connectivity index (χ0v) is 12.8. The molecule has 2 atom stereocenters. The smallest absolute Gasteiger partial charge is 0.237 e. The van der Waals surface area contributed by atoms with Crippen LogP contribution in [-0.4, -0.2) is 21.1 Å². The fraction of sp³-hybridized carbons (Fsp3) is 0.600. The number of hydrogen-bond acceptors (Lipinski definition) is 1. The monoisotopic (exact) mass is 319 g/mol. The Labute approximate surface area is 125 Å². The highest BCUT2D eigenvalue weighted by Crippen LogP contribution is 2.35. The van der Waals surface area contributed by atoms with Crippen LogP contribution in [0.25, 0.3) is 0 Å². The minimum Gasteiger partial charge on any atom is -0.237 e. The molecule has 1 aliphatic rings. The minimum atomic E-state index is -4.47. The fourth-order valence-electron chi connectivity index (χ4n) is 2.74. The Morgan fingerprint density at radius 2 is 2.05 bits per heavy atom. The van der Waals surface area contributed by atoms with E-state index in [0.29, 0.717) is 6.54 Å². The van der Waals surface area contributed by atoms with E-state index in [9.17, 15) is 17.4 Å². The van der Waals surface area contributed by atoms with E-state index in [4.69, 9.17) is 0 Å². The average molecular weight is 319 g/mol. The van der Waals surface area contributed by atoms with Crippen LogP contribution >= 0.6 is 0 Å². The van der Waals surface area contributed by atoms with Crippen molar-refractivity contribution < 1.29 is 17.4 Å². The predicted octanol–water partition coefficient (Wildman–Crippen LogP) is 4.38. The van der Waals surface area contributed by atoms with Gasteiger partial charge in [-0.2, -0.15) is 13.2 Å². The van der Waals surface area contributed by atoms with Gasteiger partial charge >= 0.3 is 6.18 Å². The van der Waals surface area contributed by atoms with E-state index in [1.807, 2.05) is 0 Å². The van der Waals surface area contributed by atoms with E-state index in [0.717, 1.165) is 38.2 Å². The van der Waals surface area contributed by atoms with Crippen LogP contribution in [0.3, 0.4) is 0 Å². The molecule has 6 heteroatoms. The van der Waals surface area contributed by atoms with E-state index in [1.54, 1.807) is 4.31 Å². The third-order valence-corrected chi connectivity index (χ3v) is 5.45. The minimum absolute atomic E-state index is 0.117. The number of nitrogens with zero attached hydrogens (tertiary/aromatic N) is 1. The van der Waals surface area contributed by atoms with Crippen molar-refractivity contribution in [2.45, 2.75) is 56.1 Å². The third-order valence-electron chi connectivity index (χ3n) is 3.81. The Bertz CT molecular complexity index is 504. The molecule has 0 radical (unpaired) electrons. The molecule has 0 aliphatic carbocycles. The van der Waals surface area contributed by atoms with Crippen molar-refractivity contribution in [3.8, 4) is 0 Å². The lowest BCUT2D eigenvalue weighted by Crippen LogP contribution is -2.32.